The molecule has 1 aromatic heterocycles. The summed E-state index contributed by atoms with van der Waals surface area (Å²) in [4.78, 5) is 0. The van der Waals surface area contributed by atoms with Crippen molar-refractivity contribution in [3.05, 3.63) is 59.7 Å². The van der Waals surface area contributed by atoms with Crippen molar-refractivity contribution in [1.29, 1.82) is 0 Å². The smallest absolute Gasteiger partial charge is 0.200 e. The molecular formula is C20H24F5NO. The molecule has 1 heterocycles. The van der Waals surface area contributed by atoms with Crippen molar-refractivity contribution in [2.24, 2.45) is 0 Å². The molecule has 0 aliphatic carbocycles. The van der Waals surface area contributed by atoms with E-state index >= 15 is 0 Å². The molecule has 0 atom stereocenters. The Bertz CT molecular complexity index is 590. The van der Waals surface area contributed by atoms with Gasteiger partial charge in [-0.2, -0.15) is 0 Å². The van der Waals surface area contributed by atoms with E-state index in [1.54, 1.807) is 0 Å². The van der Waals surface area contributed by atoms with Gasteiger partial charge in [0.2, 0.25) is 0 Å². The fourth-order valence-corrected chi connectivity index (χ4v) is 2.42. The van der Waals surface area contributed by atoms with Crippen LogP contribution in [0, 0.1) is 29.1 Å². The molecule has 0 saturated heterocycles. The molecule has 2 nitrogen and oxygen atoms in total. The summed E-state index contributed by atoms with van der Waals surface area (Å²) < 4.78 is 62.7. The average Bonchev–Trinajstić information content (AvgIpc) is 2.70. The molecular weight excluding hydrogens is 365 g/mol. The van der Waals surface area contributed by atoms with Crippen molar-refractivity contribution in [3.63, 3.8) is 0 Å². The fraction of sp³-hybridized carbons (Fsp3) is 0.450. The Morgan fingerprint density at radius 3 is 1.63 bits per heavy atom. The van der Waals surface area contributed by atoms with E-state index in [4.69, 9.17) is 0 Å². The Morgan fingerprint density at radius 1 is 0.667 bits per heavy atom. The van der Waals surface area contributed by atoms with Crippen molar-refractivity contribution < 1.29 is 31.6 Å². The molecule has 0 aliphatic rings. The lowest BCUT2D eigenvalue weighted by Gasteiger charge is -2.09. The second-order valence-corrected chi connectivity index (χ2v) is 6.13. The van der Waals surface area contributed by atoms with Gasteiger partial charge in [0.15, 0.2) is 41.5 Å². The van der Waals surface area contributed by atoms with Gasteiger partial charge < -0.3 is 5.11 Å². The lowest BCUT2D eigenvalue weighted by atomic mass is 10.1. The number of aryl methyl sites for hydroxylation is 1. The van der Waals surface area contributed by atoms with Gasteiger partial charge in [-0.3, -0.25) is 0 Å². The predicted molar refractivity (Wildman–Crippen MR) is 90.3 cm³/mol. The molecule has 0 bridgehead atoms. The third-order valence-electron chi connectivity index (χ3n) is 3.97. The lowest BCUT2D eigenvalue weighted by molar-refractivity contribution is -0.697. The Hall–Kier alpha value is -2.18. The van der Waals surface area contributed by atoms with E-state index in [1.807, 2.05) is 0 Å². The molecule has 150 valence electrons. The molecule has 0 amide bonds. The molecule has 2 aromatic rings. The zero-order chi connectivity index (χ0) is 20.2. The minimum atomic E-state index is -2.33. The second-order valence-electron chi connectivity index (χ2n) is 6.13. The third kappa shape index (κ3) is 7.53. The minimum absolute atomic E-state index is 1.18. The average molecular weight is 389 g/mol. The number of unbranched alkanes of at least 4 members (excludes halogenated alkanes) is 6. The van der Waals surface area contributed by atoms with Gasteiger partial charge in [0.05, 0.1) is 0 Å². The largest absolute Gasteiger partial charge is 0.868 e. The van der Waals surface area contributed by atoms with Crippen LogP contribution in [-0.2, 0) is 6.54 Å². The standard InChI is InChI=1S/C14H24N.C6HF5O/c1-2-3-4-5-6-7-9-12-15-13-10-8-11-14-15;7-1-2(8)4(10)6(12)5(11)3(1)9/h8,10-11,13-14H,2-7,9,12H2,1H3;12H/q+1;/p-1. The van der Waals surface area contributed by atoms with E-state index in [-0.39, 0.29) is 0 Å². The maximum atomic E-state index is 12.1. The first kappa shape index (κ1) is 22.9. The van der Waals surface area contributed by atoms with Gasteiger partial charge in [-0.15, -0.1) is 0 Å². The van der Waals surface area contributed by atoms with Crippen molar-refractivity contribution in [1.82, 2.24) is 0 Å². The van der Waals surface area contributed by atoms with Crippen molar-refractivity contribution >= 4 is 0 Å². The SMILES string of the molecule is CCCCCCCCC[n+]1ccccc1.[O-]c1c(F)c(F)c(F)c(F)c1F. The summed E-state index contributed by atoms with van der Waals surface area (Å²) in [6.07, 6.45) is 14.0. The zero-order valence-electron chi connectivity index (χ0n) is 15.3. The van der Waals surface area contributed by atoms with Crippen molar-refractivity contribution in [2.45, 2.75) is 58.4 Å². The van der Waals surface area contributed by atoms with Gasteiger partial charge in [-0.1, -0.05) is 45.1 Å². The number of aromatic nitrogens is 1. The summed E-state index contributed by atoms with van der Waals surface area (Å²) in [5, 5.41) is 10.2. The number of pyridine rings is 1. The molecule has 0 unspecified atom stereocenters. The van der Waals surface area contributed by atoms with E-state index in [0.717, 1.165) is 0 Å². The van der Waals surface area contributed by atoms with E-state index in [0.29, 0.717) is 0 Å². The van der Waals surface area contributed by atoms with Gasteiger partial charge in [-0.25, -0.2) is 26.5 Å². The van der Waals surface area contributed by atoms with Gasteiger partial charge >= 0.3 is 0 Å². The highest BCUT2D eigenvalue weighted by Crippen LogP contribution is 2.25. The molecule has 27 heavy (non-hydrogen) atoms. The summed E-state index contributed by atoms with van der Waals surface area (Å²) in [5.41, 5.74) is 0. The van der Waals surface area contributed by atoms with Gasteiger partial charge in [0.1, 0.15) is 6.54 Å². The van der Waals surface area contributed by atoms with Crippen LogP contribution in [0.5, 0.6) is 5.75 Å². The molecule has 7 heteroatoms. The highest BCUT2D eigenvalue weighted by Gasteiger charge is 2.20. The monoisotopic (exact) mass is 389 g/mol. The number of benzene rings is 1. The third-order valence-corrected chi connectivity index (χ3v) is 3.97. The van der Waals surface area contributed by atoms with Crippen LogP contribution in [0.1, 0.15) is 51.9 Å². The highest BCUT2D eigenvalue weighted by molar-refractivity contribution is 5.26. The maximum Gasteiger partial charge on any atom is 0.200 e. The summed E-state index contributed by atoms with van der Waals surface area (Å²) >= 11 is 0. The van der Waals surface area contributed by atoms with Crippen LogP contribution in [0.3, 0.4) is 0 Å². The Kier molecular flexibility index (Phi) is 10.4. The fourth-order valence-electron chi connectivity index (χ4n) is 2.42. The summed E-state index contributed by atoms with van der Waals surface area (Å²) in [6.45, 7) is 3.45. The van der Waals surface area contributed by atoms with Crippen LogP contribution < -0.4 is 9.67 Å². The van der Waals surface area contributed by atoms with Crippen molar-refractivity contribution in [2.75, 3.05) is 0 Å². The topological polar surface area (TPSA) is 26.9 Å². The molecule has 1 aromatic carbocycles. The molecule has 0 fully saturated rings. The van der Waals surface area contributed by atoms with E-state index < -0.39 is 34.8 Å². The second kappa shape index (κ2) is 12.3. The summed E-state index contributed by atoms with van der Waals surface area (Å²) in [7, 11) is 0. The maximum absolute atomic E-state index is 12.1. The molecule has 2 rings (SSSR count). The van der Waals surface area contributed by atoms with Crippen molar-refractivity contribution in [3.8, 4) is 5.75 Å². The Morgan fingerprint density at radius 2 is 1.11 bits per heavy atom. The first-order valence-electron chi connectivity index (χ1n) is 9.02. The van der Waals surface area contributed by atoms with Crippen LogP contribution in [-0.4, -0.2) is 0 Å². The number of hydrogen-bond acceptors (Lipinski definition) is 1. The lowest BCUT2D eigenvalue weighted by Crippen LogP contribution is -2.32. The Balaban J connectivity index is 0.000000277. The van der Waals surface area contributed by atoms with Crippen LogP contribution in [0.15, 0.2) is 30.6 Å². The first-order chi connectivity index (χ1) is 12.9. The highest BCUT2D eigenvalue weighted by atomic mass is 19.2. The van der Waals surface area contributed by atoms with Gasteiger partial charge in [-0.05, 0) is 12.2 Å². The predicted octanol–water partition coefficient (Wildman–Crippen LogP) is 5.18. The molecule has 0 radical (unpaired) electrons. The Labute approximate surface area is 156 Å². The normalized spacial score (nSPS) is 10.4. The van der Waals surface area contributed by atoms with E-state index in [1.165, 1.54) is 51.5 Å². The van der Waals surface area contributed by atoms with Gasteiger partial charge in [0, 0.05) is 18.6 Å². The summed E-state index contributed by atoms with van der Waals surface area (Å²) in [6, 6.07) is 6.27. The zero-order valence-corrected chi connectivity index (χ0v) is 15.3. The minimum Gasteiger partial charge on any atom is -0.868 e. The van der Waals surface area contributed by atoms with E-state index in [2.05, 4.69) is 42.1 Å². The number of hydrogen-bond donors (Lipinski definition) is 0. The quantitative estimate of drug-likeness (QED) is 0.201. The first-order valence-corrected chi connectivity index (χ1v) is 9.02. The number of halogens is 5. The molecule has 0 aliphatic heterocycles. The molecule has 0 saturated carbocycles. The van der Waals surface area contributed by atoms with Crippen LogP contribution in [0.2, 0.25) is 0 Å². The van der Waals surface area contributed by atoms with Crippen LogP contribution >= 0.6 is 0 Å². The number of rotatable bonds is 8. The molecule has 0 N–H and O–H groups in total. The van der Waals surface area contributed by atoms with Crippen LogP contribution in [0.4, 0.5) is 22.0 Å². The van der Waals surface area contributed by atoms with E-state index in [9.17, 15) is 27.1 Å². The molecule has 0 spiro atoms. The summed E-state index contributed by atoms with van der Waals surface area (Å²) in [5.74, 6) is -13.6. The van der Waals surface area contributed by atoms with Gasteiger partial charge in [0.25, 0.3) is 0 Å². The number of nitrogens with zero attached hydrogens (tertiary/aromatic N) is 1. The van der Waals surface area contributed by atoms with Crippen LogP contribution in [0.25, 0.3) is 0 Å².